The average molecular weight is 375 g/mol. The molecular weight excluding hydrogens is 355 g/mol. The average Bonchev–Trinajstić information content (AvgIpc) is 3.06. The molecule has 0 fully saturated rings. The minimum Gasteiger partial charge on any atom is -0.404 e. The van der Waals surface area contributed by atoms with E-state index >= 15 is 0 Å². The zero-order valence-electron chi connectivity index (χ0n) is 13.1. The molecule has 6 nitrogen and oxygen atoms in total. The molecule has 1 aliphatic rings. The number of aromatic nitrogens is 4. The number of hydrogen-bond acceptors (Lipinski definition) is 3. The molecule has 0 saturated carbocycles. The summed E-state index contributed by atoms with van der Waals surface area (Å²) in [6.07, 6.45) is 5.25. The Labute approximate surface area is 155 Å². The normalized spacial score (nSPS) is 20.0. The van der Waals surface area contributed by atoms with Crippen molar-refractivity contribution in [3.8, 4) is 0 Å². The Morgan fingerprint density at radius 2 is 2.14 bits per heavy atom. The molecule has 2 N–H and O–H groups in total. The van der Waals surface area contributed by atoms with E-state index in [1.54, 1.807) is 17.1 Å². The van der Waals surface area contributed by atoms with Crippen molar-refractivity contribution >= 4 is 11.6 Å². The number of amides is 1. The quantitative estimate of drug-likeness (QED) is 0.809. The van der Waals surface area contributed by atoms with Crippen molar-refractivity contribution < 1.29 is 37.5 Å². The van der Waals surface area contributed by atoms with Gasteiger partial charge >= 0.3 is 0 Å². The SMILES string of the molecule is C[CH-]n1cc(NC(=O)c2n[nH]c3c2CC(C)C(C)C3)cn1.[Y]. The molecule has 2 aromatic heterocycles. The minimum atomic E-state index is -0.176. The summed E-state index contributed by atoms with van der Waals surface area (Å²) in [5.41, 5.74) is 3.35. The molecule has 2 atom stereocenters. The molecule has 1 aliphatic carbocycles. The molecule has 7 heteroatoms. The van der Waals surface area contributed by atoms with Gasteiger partial charge in [0.1, 0.15) is 0 Å². The summed E-state index contributed by atoms with van der Waals surface area (Å²) in [7, 11) is 0. The number of carbonyl (C=O) groups is 1. The first kappa shape index (κ1) is 17.2. The van der Waals surface area contributed by atoms with Crippen LogP contribution in [0.1, 0.15) is 42.5 Å². The summed E-state index contributed by atoms with van der Waals surface area (Å²) in [4.78, 5) is 12.4. The van der Waals surface area contributed by atoms with E-state index in [2.05, 4.69) is 34.5 Å². The largest absolute Gasteiger partial charge is 0.404 e. The third-order valence-electron chi connectivity index (χ3n) is 4.32. The Morgan fingerprint density at radius 3 is 2.82 bits per heavy atom. The fourth-order valence-corrected chi connectivity index (χ4v) is 2.76. The molecule has 1 amide bonds. The molecule has 2 heterocycles. The topological polar surface area (TPSA) is 75.6 Å². The summed E-state index contributed by atoms with van der Waals surface area (Å²) < 4.78 is 1.65. The zero-order valence-corrected chi connectivity index (χ0v) is 16.0. The number of fused-ring (bicyclic) bond motifs is 1. The van der Waals surface area contributed by atoms with Crippen molar-refractivity contribution in [1.29, 1.82) is 0 Å². The van der Waals surface area contributed by atoms with Crippen LogP contribution in [0.5, 0.6) is 0 Å². The molecule has 0 bridgehead atoms. The van der Waals surface area contributed by atoms with Gasteiger partial charge in [-0.1, -0.05) is 27.0 Å². The predicted octanol–water partition coefficient (Wildman–Crippen LogP) is 2.26. The van der Waals surface area contributed by atoms with Gasteiger partial charge in [0.2, 0.25) is 0 Å². The van der Waals surface area contributed by atoms with E-state index in [1.165, 1.54) is 0 Å². The number of H-pyrrole nitrogens is 1. The van der Waals surface area contributed by atoms with Crippen LogP contribution in [0.2, 0.25) is 0 Å². The maximum Gasteiger partial charge on any atom is 0.275 e. The van der Waals surface area contributed by atoms with Crippen molar-refractivity contribution in [2.75, 3.05) is 5.32 Å². The van der Waals surface area contributed by atoms with Gasteiger partial charge < -0.3 is 10.00 Å². The molecule has 115 valence electrons. The first-order valence-electron chi connectivity index (χ1n) is 7.29. The Bertz CT molecular complexity index is 663. The molecule has 0 aromatic carbocycles. The van der Waals surface area contributed by atoms with Crippen LogP contribution in [0, 0.1) is 18.4 Å². The third-order valence-corrected chi connectivity index (χ3v) is 4.32. The van der Waals surface area contributed by atoms with Gasteiger partial charge in [-0.25, -0.2) is 5.10 Å². The third kappa shape index (κ3) is 3.28. The fourth-order valence-electron chi connectivity index (χ4n) is 2.76. The number of nitrogens with one attached hydrogen (secondary N) is 2. The molecule has 0 spiro atoms. The molecule has 2 unspecified atom stereocenters. The van der Waals surface area contributed by atoms with Crippen LogP contribution in [-0.4, -0.2) is 25.9 Å². The molecule has 2 aromatic rings. The molecular formula is C15H20N5OY-. The Kier molecular flexibility index (Phi) is 5.45. The second-order valence-electron chi connectivity index (χ2n) is 5.81. The standard InChI is InChI=1S/C15H20N5O.Y/c1-4-20-8-11(7-16-20)17-15(21)14-12-5-9(2)10(3)6-13(12)18-19-14;/h4,7-10H,5-6H2,1-3H3,(H,17,21)(H,18,19);/q-1;. The maximum absolute atomic E-state index is 12.4. The van der Waals surface area contributed by atoms with Crippen molar-refractivity contribution in [2.45, 2.75) is 33.6 Å². The first-order chi connectivity index (χ1) is 10.1. The zero-order chi connectivity index (χ0) is 15.0. The Balaban J connectivity index is 0.00000176. The number of anilines is 1. The van der Waals surface area contributed by atoms with Crippen LogP contribution in [0.3, 0.4) is 0 Å². The molecule has 0 aliphatic heterocycles. The van der Waals surface area contributed by atoms with Crippen LogP contribution in [0.15, 0.2) is 12.4 Å². The molecule has 1 radical (unpaired) electrons. The molecule has 0 saturated heterocycles. The van der Waals surface area contributed by atoms with Gasteiger partial charge in [0, 0.05) is 44.0 Å². The van der Waals surface area contributed by atoms with E-state index in [0.29, 0.717) is 23.2 Å². The van der Waals surface area contributed by atoms with Crippen molar-refractivity contribution in [2.24, 2.45) is 11.8 Å². The van der Waals surface area contributed by atoms with E-state index in [-0.39, 0.29) is 38.6 Å². The number of carbonyl (C=O) groups excluding carboxylic acids is 1. The molecule has 3 rings (SSSR count). The van der Waals surface area contributed by atoms with Gasteiger partial charge in [0.25, 0.3) is 5.91 Å². The van der Waals surface area contributed by atoms with Crippen LogP contribution in [0.25, 0.3) is 0 Å². The number of rotatable bonds is 3. The summed E-state index contributed by atoms with van der Waals surface area (Å²) in [6.45, 7) is 8.16. The monoisotopic (exact) mass is 375 g/mol. The van der Waals surface area contributed by atoms with Gasteiger partial charge in [0.15, 0.2) is 5.69 Å². The summed E-state index contributed by atoms with van der Waals surface area (Å²) in [6, 6.07) is 0. The minimum absolute atomic E-state index is 0. The van der Waals surface area contributed by atoms with Gasteiger partial charge in [-0.2, -0.15) is 5.10 Å². The Morgan fingerprint density at radius 1 is 1.41 bits per heavy atom. The number of hydrogen-bond donors (Lipinski definition) is 2. The van der Waals surface area contributed by atoms with Gasteiger partial charge in [-0.05, 0) is 30.4 Å². The van der Waals surface area contributed by atoms with E-state index < -0.39 is 0 Å². The second kappa shape index (κ2) is 6.96. The smallest absolute Gasteiger partial charge is 0.275 e. The first-order valence-corrected chi connectivity index (χ1v) is 7.29. The fraction of sp³-hybridized carbons (Fsp3) is 0.467. The number of aromatic amines is 1. The van der Waals surface area contributed by atoms with Crippen molar-refractivity contribution in [3.05, 3.63) is 35.9 Å². The van der Waals surface area contributed by atoms with Gasteiger partial charge in [-0.15, -0.1) is 6.54 Å². The van der Waals surface area contributed by atoms with Gasteiger partial charge in [-0.3, -0.25) is 9.89 Å². The van der Waals surface area contributed by atoms with Crippen LogP contribution < -0.4 is 5.32 Å². The van der Waals surface area contributed by atoms with E-state index in [1.807, 2.05) is 13.5 Å². The Hall–Kier alpha value is -1.14. The summed E-state index contributed by atoms with van der Waals surface area (Å²) in [5.74, 6) is 1.01. The van der Waals surface area contributed by atoms with E-state index in [0.717, 1.165) is 24.1 Å². The second-order valence-corrected chi connectivity index (χ2v) is 5.81. The van der Waals surface area contributed by atoms with Crippen LogP contribution >= 0.6 is 0 Å². The molecule has 22 heavy (non-hydrogen) atoms. The van der Waals surface area contributed by atoms with E-state index in [9.17, 15) is 4.79 Å². The van der Waals surface area contributed by atoms with E-state index in [4.69, 9.17) is 0 Å². The van der Waals surface area contributed by atoms with Crippen molar-refractivity contribution in [1.82, 2.24) is 20.0 Å². The predicted molar refractivity (Wildman–Crippen MR) is 79.9 cm³/mol. The van der Waals surface area contributed by atoms with Crippen LogP contribution in [-0.2, 0) is 45.6 Å². The van der Waals surface area contributed by atoms with Crippen LogP contribution in [0.4, 0.5) is 5.69 Å². The number of nitrogens with zero attached hydrogens (tertiary/aromatic N) is 3. The summed E-state index contributed by atoms with van der Waals surface area (Å²) >= 11 is 0. The maximum atomic E-state index is 12.4. The van der Waals surface area contributed by atoms with Gasteiger partial charge in [0.05, 0.1) is 6.20 Å². The van der Waals surface area contributed by atoms with Crippen molar-refractivity contribution in [3.63, 3.8) is 0 Å². The summed E-state index contributed by atoms with van der Waals surface area (Å²) in [5, 5.41) is 14.2.